The second-order valence-corrected chi connectivity index (χ2v) is 4.40. The van der Waals surface area contributed by atoms with Gasteiger partial charge >= 0.3 is 0 Å². The Hall–Kier alpha value is -0.130. The zero-order chi connectivity index (χ0) is 10.1. The fourth-order valence-corrected chi connectivity index (χ4v) is 1.74. The molecule has 0 aliphatic heterocycles. The number of nitrogens with zero attached hydrogens (tertiary/aromatic N) is 1. The van der Waals surface area contributed by atoms with Gasteiger partial charge in [-0.05, 0) is 45.4 Å². The molecule has 1 unspecified atom stereocenters. The summed E-state index contributed by atoms with van der Waals surface area (Å²) in [6.45, 7) is 3.41. The summed E-state index contributed by atoms with van der Waals surface area (Å²) in [4.78, 5) is 2.40. The summed E-state index contributed by atoms with van der Waals surface area (Å²) in [6, 6.07) is 0.685. The molecule has 0 aliphatic rings. The van der Waals surface area contributed by atoms with Crippen LogP contribution in [0.4, 0.5) is 0 Å². The number of hydrogen-bond donors (Lipinski definition) is 0. The maximum Gasteiger partial charge on any atom is 0.00982 e. The van der Waals surface area contributed by atoms with Crippen LogP contribution in [0.25, 0.3) is 0 Å². The molecule has 0 rings (SSSR count). The molecule has 0 radical (unpaired) electrons. The van der Waals surface area contributed by atoms with E-state index in [0.29, 0.717) is 6.04 Å². The molecule has 13 heavy (non-hydrogen) atoms. The Morgan fingerprint density at radius 2 is 2.23 bits per heavy atom. The number of thioether (sulfide) groups is 1. The van der Waals surface area contributed by atoms with E-state index in [1.807, 2.05) is 11.8 Å². The summed E-state index contributed by atoms with van der Waals surface area (Å²) in [5.74, 6) is 3.93. The molecular weight excluding hydrogens is 178 g/mol. The Morgan fingerprint density at radius 1 is 1.54 bits per heavy atom. The molecule has 0 N–H and O–H groups in total. The molecule has 2 heteroatoms. The highest BCUT2D eigenvalue weighted by molar-refractivity contribution is 7.98. The molecule has 0 bridgehead atoms. The molecule has 0 heterocycles. The Morgan fingerprint density at radius 3 is 2.77 bits per heavy atom. The van der Waals surface area contributed by atoms with Crippen molar-refractivity contribution in [3.05, 3.63) is 0 Å². The van der Waals surface area contributed by atoms with Crippen LogP contribution in [-0.2, 0) is 0 Å². The van der Waals surface area contributed by atoms with Crippen LogP contribution in [0, 0.1) is 12.3 Å². The molecule has 0 saturated heterocycles. The van der Waals surface area contributed by atoms with Gasteiger partial charge in [-0.2, -0.15) is 11.8 Å². The SMILES string of the molecule is C#CCCCN(C)C(C)CCSC. The van der Waals surface area contributed by atoms with Crippen molar-refractivity contribution in [3.8, 4) is 12.3 Å². The van der Waals surface area contributed by atoms with E-state index in [-0.39, 0.29) is 0 Å². The van der Waals surface area contributed by atoms with Crippen LogP contribution in [0.3, 0.4) is 0 Å². The highest BCUT2D eigenvalue weighted by Crippen LogP contribution is 2.06. The minimum atomic E-state index is 0.685. The maximum absolute atomic E-state index is 5.20. The quantitative estimate of drug-likeness (QED) is 0.458. The fraction of sp³-hybridized carbons (Fsp3) is 0.818. The zero-order valence-electron chi connectivity index (χ0n) is 9.05. The standard InChI is InChI=1S/C11H21NS/c1-5-6-7-9-12(3)11(2)8-10-13-4/h1,11H,6-10H2,2-4H3. The third kappa shape index (κ3) is 6.98. The molecule has 0 spiro atoms. The lowest BCUT2D eigenvalue weighted by atomic mass is 10.2. The molecule has 0 saturated carbocycles. The summed E-state index contributed by atoms with van der Waals surface area (Å²) in [6.07, 6.45) is 10.7. The van der Waals surface area contributed by atoms with Crippen LogP contribution in [-0.4, -0.2) is 36.5 Å². The lowest BCUT2D eigenvalue weighted by Crippen LogP contribution is -2.30. The lowest BCUT2D eigenvalue weighted by Gasteiger charge is -2.23. The van der Waals surface area contributed by atoms with Gasteiger partial charge in [0, 0.05) is 12.5 Å². The summed E-state index contributed by atoms with van der Waals surface area (Å²) in [7, 11) is 2.18. The van der Waals surface area contributed by atoms with Gasteiger partial charge in [0.1, 0.15) is 0 Å². The molecule has 1 nitrogen and oxygen atoms in total. The first-order valence-electron chi connectivity index (χ1n) is 4.85. The van der Waals surface area contributed by atoms with E-state index in [4.69, 9.17) is 6.42 Å². The zero-order valence-corrected chi connectivity index (χ0v) is 9.86. The van der Waals surface area contributed by atoms with Crippen molar-refractivity contribution < 1.29 is 0 Å². The van der Waals surface area contributed by atoms with Crippen LogP contribution in [0.1, 0.15) is 26.2 Å². The molecule has 0 aromatic carbocycles. The van der Waals surface area contributed by atoms with Gasteiger partial charge in [-0.15, -0.1) is 12.3 Å². The number of unbranched alkanes of at least 4 members (excludes halogenated alkanes) is 1. The molecular formula is C11H21NS. The molecule has 0 fully saturated rings. The van der Waals surface area contributed by atoms with Crippen molar-refractivity contribution in [2.45, 2.75) is 32.2 Å². The van der Waals surface area contributed by atoms with Crippen molar-refractivity contribution in [2.24, 2.45) is 0 Å². The monoisotopic (exact) mass is 199 g/mol. The first-order valence-corrected chi connectivity index (χ1v) is 6.24. The van der Waals surface area contributed by atoms with E-state index in [9.17, 15) is 0 Å². The first kappa shape index (κ1) is 12.9. The average Bonchev–Trinajstić information content (AvgIpc) is 2.14. The minimum absolute atomic E-state index is 0.685. The van der Waals surface area contributed by atoms with Gasteiger partial charge in [-0.25, -0.2) is 0 Å². The summed E-state index contributed by atoms with van der Waals surface area (Å²) in [5, 5.41) is 0. The van der Waals surface area contributed by atoms with Crippen LogP contribution >= 0.6 is 11.8 Å². The van der Waals surface area contributed by atoms with E-state index in [1.165, 1.54) is 12.2 Å². The van der Waals surface area contributed by atoms with E-state index in [0.717, 1.165) is 19.4 Å². The molecule has 1 atom stereocenters. The van der Waals surface area contributed by atoms with E-state index < -0.39 is 0 Å². The molecule has 0 aliphatic carbocycles. The third-order valence-corrected chi connectivity index (χ3v) is 2.97. The highest BCUT2D eigenvalue weighted by Gasteiger charge is 2.06. The van der Waals surface area contributed by atoms with Crippen molar-refractivity contribution in [1.82, 2.24) is 4.90 Å². The largest absolute Gasteiger partial charge is 0.304 e. The number of rotatable bonds is 7. The lowest BCUT2D eigenvalue weighted by molar-refractivity contribution is 0.251. The van der Waals surface area contributed by atoms with Gasteiger partial charge < -0.3 is 4.90 Å². The topological polar surface area (TPSA) is 3.24 Å². The smallest absolute Gasteiger partial charge is 0.00982 e. The van der Waals surface area contributed by atoms with Crippen molar-refractivity contribution in [3.63, 3.8) is 0 Å². The number of hydrogen-bond acceptors (Lipinski definition) is 2. The van der Waals surface area contributed by atoms with Crippen molar-refractivity contribution >= 4 is 11.8 Å². The van der Waals surface area contributed by atoms with Crippen molar-refractivity contribution in [1.29, 1.82) is 0 Å². The molecule has 76 valence electrons. The second kappa shape index (κ2) is 8.47. The Balaban J connectivity index is 3.45. The summed E-state index contributed by atoms with van der Waals surface area (Å²) >= 11 is 1.92. The predicted octanol–water partition coefficient (Wildman–Crippen LogP) is 2.47. The van der Waals surface area contributed by atoms with E-state index in [1.54, 1.807) is 0 Å². The summed E-state index contributed by atoms with van der Waals surface area (Å²) < 4.78 is 0. The van der Waals surface area contributed by atoms with Crippen LogP contribution < -0.4 is 0 Å². The van der Waals surface area contributed by atoms with Gasteiger partial charge in [0.25, 0.3) is 0 Å². The van der Waals surface area contributed by atoms with Crippen LogP contribution in [0.2, 0.25) is 0 Å². The summed E-state index contributed by atoms with van der Waals surface area (Å²) in [5.41, 5.74) is 0. The van der Waals surface area contributed by atoms with Crippen LogP contribution in [0.15, 0.2) is 0 Å². The minimum Gasteiger partial charge on any atom is -0.304 e. The normalized spacial score (nSPS) is 12.8. The predicted molar refractivity (Wildman–Crippen MR) is 63.2 cm³/mol. The molecule has 0 aromatic heterocycles. The second-order valence-electron chi connectivity index (χ2n) is 3.42. The molecule has 0 amide bonds. The number of terminal acetylenes is 1. The van der Waals surface area contributed by atoms with Gasteiger partial charge in [-0.3, -0.25) is 0 Å². The Bertz CT molecular complexity index is 151. The van der Waals surface area contributed by atoms with Gasteiger partial charge in [-0.1, -0.05) is 0 Å². The third-order valence-electron chi connectivity index (χ3n) is 2.32. The fourth-order valence-electron chi connectivity index (χ4n) is 1.16. The van der Waals surface area contributed by atoms with E-state index in [2.05, 4.69) is 31.0 Å². The Kier molecular flexibility index (Phi) is 8.38. The highest BCUT2D eigenvalue weighted by atomic mass is 32.2. The van der Waals surface area contributed by atoms with Gasteiger partial charge in [0.15, 0.2) is 0 Å². The first-order chi connectivity index (χ1) is 6.22. The van der Waals surface area contributed by atoms with E-state index >= 15 is 0 Å². The van der Waals surface area contributed by atoms with Gasteiger partial charge in [0.2, 0.25) is 0 Å². The molecule has 0 aromatic rings. The van der Waals surface area contributed by atoms with Crippen LogP contribution in [0.5, 0.6) is 0 Å². The Labute approximate surface area is 87.3 Å². The maximum atomic E-state index is 5.20. The average molecular weight is 199 g/mol. The van der Waals surface area contributed by atoms with Crippen molar-refractivity contribution in [2.75, 3.05) is 25.6 Å². The van der Waals surface area contributed by atoms with Gasteiger partial charge in [0.05, 0.1) is 0 Å².